The molecular weight excluding hydrogens is 268 g/mol. The molecule has 0 bridgehead atoms. The first-order chi connectivity index (χ1) is 10.7. The molecule has 0 heterocycles. The van der Waals surface area contributed by atoms with E-state index in [-0.39, 0.29) is 5.92 Å². The van der Waals surface area contributed by atoms with Crippen molar-refractivity contribution in [3.05, 3.63) is 71.3 Å². The summed E-state index contributed by atoms with van der Waals surface area (Å²) in [5, 5.41) is 0. The zero-order valence-electron chi connectivity index (χ0n) is 13.7. The van der Waals surface area contributed by atoms with Crippen LogP contribution < -0.4 is 0 Å². The lowest BCUT2D eigenvalue weighted by molar-refractivity contribution is -0.119. The summed E-state index contributed by atoms with van der Waals surface area (Å²) >= 11 is 0. The van der Waals surface area contributed by atoms with E-state index in [1.165, 1.54) is 24.0 Å². The third-order valence-electron chi connectivity index (χ3n) is 4.33. The highest BCUT2D eigenvalue weighted by molar-refractivity contribution is 5.85. The Morgan fingerprint density at radius 1 is 0.864 bits per heavy atom. The van der Waals surface area contributed by atoms with Gasteiger partial charge >= 0.3 is 0 Å². The first-order valence-corrected chi connectivity index (χ1v) is 8.36. The number of benzene rings is 2. The standard InChI is InChI=1S/C21H26O/c1-3-21(22)17(2)20-15-13-19(14-16-20)12-8-7-11-18-9-5-4-6-10-18/h4-6,9-10,13-17H,3,7-8,11-12H2,1-2H3. The van der Waals surface area contributed by atoms with Gasteiger partial charge in [-0.1, -0.05) is 68.4 Å². The molecule has 0 fully saturated rings. The lowest BCUT2D eigenvalue weighted by Crippen LogP contribution is -2.07. The third-order valence-corrected chi connectivity index (χ3v) is 4.33. The predicted molar refractivity (Wildman–Crippen MR) is 93.2 cm³/mol. The number of carbonyl (C=O) groups excluding carboxylic acids is 1. The Kier molecular flexibility index (Phi) is 6.39. The number of Topliss-reactive ketones (excluding diaryl/α,β-unsaturated/α-hetero) is 1. The van der Waals surface area contributed by atoms with Gasteiger partial charge in [-0.05, 0) is 42.4 Å². The minimum atomic E-state index is 0.0251. The number of aryl methyl sites for hydroxylation is 2. The molecule has 0 aliphatic rings. The van der Waals surface area contributed by atoms with E-state index in [1.54, 1.807) is 0 Å². The van der Waals surface area contributed by atoms with Gasteiger partial charge in [-0.15, -0.1) is 0 Å². The molecule has 0 saturated heterocycles. The molecule has 0 spiro atoms. The molecule has 2 rings (SSSR count). The van der Waals surface area contributed by atoms with Gasteiger partial charge in [-0.2, -0.15) is 0 Å². The Morgan fingerprint density at radius 3 is 1.95 bits per heavy atom. The van der Waals surface area contributed by atoms with Gasteiger partial charge in [0.25, 0.3) is 0 Å². The molecule has 0 radical (unpaired) electrons. The van der Waals surface area contributed by atoms with Crippen LogP contribution in [0.5, 0.6) is 0 Å². The predicted octanol–water partition coefficient (Wildman–Crippen LogP) is 5.33. The number of ketones is 1. The second-order valence-corrected chi connectivity index (χ2v) is 5.98. The van der Waals surface area contributed by atoms with E-state index in [4.69, 9.17) is 0 Å². The van der Waals surface area contributed by atoms with E-state index < -0.39 is 0 Å². The maximum Gasteiger partial charge on any atom is 0.139 e. The average molecular weight is 294 g/mol. The molecule has 0 aliphatic carbocycles. The number of hydrogen-bond donors (Lipinski definition) is 0. The number of rotatable bonds is 8. The van der Waals surface area contributed by atoms with Crippen molar-refractivity contribution in [2.75, 3.05) is 0 Å². The molecule has 0 amide bonds. The molecule has 0 aromatic heterocycles. The topological polar surface area (TPSA) is 17.1 Å². The SMILES string of the molecule is CCC(=O)C(C)c1ccc(CCCCc2ccccc2)cc1. The van der Waals surface area contributed by atoms with Crippen molar-refractivity contribution in [2.45, 2.75) is 51.9 Å². The van der Waals surface area contributed by atoms with Crippen LogP contribution in [0.3, 0.4) is 0 Å². The smallest absolute Gasteiger partial charge is 0.139 e. The summed E-state index contributed by atoms with van der Waals surface area (Å²) < 4.78 is 0. The van der Waals surface area contributed by atoms with Crippen LogP contribution >= 0.6 is 0 Å². The van der Waals surface area contributed by atoms with Crippen molar-refractivity contribution in [2.24, 2.45) is 0 Å². The molecule has 116 valence electrons. The molecule has 2 aromatic carbocycles. The van der Waals surface area contributed by atoms with Crippen molar-refractivity contribution in [3.63, 3.8) is 0 Å². The van der Waals surface area contributed by atoms with Crippen molar-refractivity contribution in [1.82, 2.24) is 0 Å². The molecule has 0 aliphatic heterocycles. The van der Waals surface area contributed by atoms with Gasteiger partial charge in [0.05, 0.1) is 0 Å². The molecule has 1 unspecified atom stereocenters. The molecule has 0 saturated carbocycles. The molecule has 1 heteroatoms. The largest absolute Gasteiger partial charge is 0.299 e. The van der Waals surface area contributed by atoms with E-state index in [0.29, 0.717) is 12.2 Å². The molecule has 22 heavy (non-hydrogen) atoms. The normalized spacial score (nSPS) is 12.1. The van der Waals surface area contributed by atoms with Gasteiger partial charge in [-0.3, -0.25) is 4.79 Å². The second kappa shape index (κ2) is 8.53. The minimum Gasteiger partial charge on any atom is -0.299 e. The highest BCUT2D eigenvalue weighted by atomic mass is 16.1. The van der Waals surface area contributed by atoms with Crippen LogP contribution in [0.2, 0.25) is 0 Å². The Bertz CT molecular complexity index is 569. The zero-order valence-corrected chi connectivity index (χ0v) is 13.7. The van der Waals surface area contributed by atoms with E-state index >= 15 is 0 Å². The van der Waals surface area contributed by atoms with Gasteiger partial charge in [0.15, 0.2) is 0 Å². The van der Waals surface area contributed by atoms with Crippen molar-refractivity contribution >= 4 is 5.78 Å². The molecule has 1 nitrogen and oxygen atoms in total. The molecule has 0 N–H and O–H groups in total. The Balaban J connectivity index is 1.78. The van der Waals surface area contributed by atoms with Crippen LogP contribution in [0.15, 0.2) is 54.6 Å². The number of unbranched alkanes of at least 4 members (excludes halogenated alkanes) is 1. The van der Waals surface area contributed by atoms with Gasteiger partial charge in [0.1, 0.15) is 5.78 Å². The van der Waals surface area contributed by atoms with Crippen LogP contribution in [-0.4, -0.2) is 5.78 Å². The summed E-state index contributed by atoms with van der Waals surface area (Å²) in [6.07, 6.45) is 5.31. The van der Waals surface area contributed by atoms with Gasteiger partial charge in [0.2, 0.25) is 0 Å². The fourth-order valence-electron chi connectivity index (χ4n) is 2.77. The quantitative estimate of drug-likeness (QED) is 0.601. The molecule has 1 atom stereocenters. The van der Waals surface area contributed by atoms with E-state index in [0.717, 1.165) is 18.4 Å². The maximum atomic E-state index is 11.7. The maximum absolute atomic E-state index is 11.7. The lowest BCUT2D eigenvalue weighted by Gasteiger charge is -2.10. The van der Waals surface area contributed by atoms with Crippen molar-refractivity contribution in [3.8, 4) is 0 Å². The monoisotopic (exact) mass is 294 g/mol. The summed E-state index contributed by atoms with van der Waals surface area (Å²) in [6.45, 7) is 3.93. The van der Waals surface area contributed by atoms with Crippen molar-refractivity contribution in [1.29, 1.82) is 0 Å². The van der Waals surface area contributed by atoms with Crippen LogP contribution in [-0.2, 0) is 17.6 Å². The van der Waals surface area contributed by atoms with E-state index in [2.05, 4.69) is 54.6 Å². The molecule has 2 aromatic rings. The highest BCUT2D eigenvalue weighted by Gasteiger charge is 2.12. The first-order valence-electron chi connectivity index (χ1n) is 8.36. The number of carbonyl (C=O) groups is 1. The second-order valence-electron chi connectivity index (χ2n) is 5.98. The summed E-state index contributed by atoms with van der Waals surface area (Å²) in [7, 11) is 0. The van der Waals surface area contributed by atoms with Crippen LogP contribution in [0.25, 0.3) is 0 Å². The van der Waals surface area contributed by atoms with E-state index in [1.807, 2.05) is 13.8 Å². The van der Waals surface area contributed by atoms with Crippen LogP contribution in [0.4, 0.5) is 0 Å². The van der Waals surface area contributed by atoms with Gasteiger partial charge < -0.3 is 0 Å². The number of hydrogen-bond acceptors (Lipinski definition) is 1. The summed E-state index contributed by atoms with van der Waals surface area (Å²) in [6, 6.07) is 19.3. The van der Waals surface area contributed by atoms with Crippen LogP contribution in [0, 0.1) is 0 Å². The third kappa shape index (κ3) is 4.84. The Hall–Kier alpha value is -1.89. The Morgan fingerprint density at radius 2 is 1.41 bits per heavy atom. The van der Waals surface area contributed by atoms with Crippen LogP contribution in [0.1, 0.15) is 55.7 Å². The summed E-state index contributed by atoms with van der Waals surface area (Å²) in [5.74, 6) is 0.341. The fourth-order valence-corrected chi connectivity index (χ4v) is 2.77. The van der Waals surface area contributed by atoms with Gasteiger partial charge in [-0.25, -0.2) is 0 Å². The van der Waals surface area contributed by atoms with Gasteiger partial charge in [0, 0.05) is 12.3 Å². The zero-order chi connectivity index (χ0) is 15.8. The van der Waals surface area contributed by atoms with Crippen molar-refractivity contribution < 1.29 is 4.79 Å². The lowest BCUT2D eigenvalue weighted by atomic mass is 9.94. The summed E-state index contributed by atoms with van der Waals surface area (Å²) in [5.41, 5.74) is 3.93. The molecular formula is C21H26O. The highest BCUT2D eigenvalue weighted by Crippen LogP contribution is 2.19. The fraction of sp³-hybridized carbons (Fsp3) is 0.381. The Labute approximate surface area is 134 Å². The average Bonchev–Trinajstić information content (AvgIpc) is 2.59. The minimum absolute atomic E-state index is 0.0251. The van der Waals surface area contributed by atoms with E-state index in [9.17, 15) is 4.79 Å². The first kappa shape index (κ1) is 16.5. The summed E-state index contributed by atoms with van der Waals surface area (Å²) in [4.78, 5) is 11.7.